The zero-order chi connectivity index (χ0) is 16.1. The summed E-state index contributed by atoms with van der Waals surface area (Å²) in [6.07, 6.45) is 0.225. The van der Waals surface area contributed by atoms with E-state index in [1.807, 2.05) is 45.0 Å². The summed E-state index contributed by atoms with van der Waals surface area (Å²) < 4.78 is 0. The Bertz CT molecular complexity index is 635. The first-order valence-electron chi connectivity index (χ1n) is 7.50. The third-order valence-corrected chi connectivity index (χ3v) is 5.10. The molecule has 0 unspecified atom stereocenters. The lowest BCUT2D eigenvalue weighted by Crippen LogP contribution is -2.33. The van der Waals surface area contributed by atoms with Gasteiger partial charge in [0, 0.05) is 18.3 Å². The molecule has 1 aromatic carbocycles. The van der Waals surface area contributed by atoms with Gasteiger partial charge in [-0.25, -0.2) is 4.79 Å². The number of hydroxylamine groups is 2. The zero-order valence-corrected chi connectivity index (χ0v) is 13.0. The molecular formula is C17H19NO4. The van der Waals surface area contributed by atoms with E-state index in [-0.39, 0.29) is 30.1 Å². The summed E-state index contributed by atoms with van der Waals surface area (Å²) in [6, 6.07) is 8.07. The quantitative estimate of drug-likeness (QED) is 0.802. The third kappa shape index (κ3) is 2.12. The molecule has 116 valence electrons. The van der Waals surface area contributed by atoms with Gasteiger partial charge < -0.3 is 4.84 Å². The van der Waals surface area contributed by atoms with Gasteiger partial charge in [0.05, 0.1) is 5.92 Å². The fourth-order valence-corrected chi connectivity index (χ4v) is 3.34. The minimum Gasteiger partial charge on any atom is -0.330 e. The Morgan fingerprint density at radius 1 is 1.18 bits per heavy atom. The van der Waals surface area contributed by atoms with Crippen LogP contribution in [-0.4, -0.2) is 22.8 Å². The maximum Gasteiger partial charge on any atom is 0.337 e. The summed E-state index contributed by atoms with van der Waals surface area (Å²) in [6.45, 7) is 6.01. The van der Waals surface area contributed by atoms with Crippen LogP contribution in [0.3, 0.4) is 0 Å². The molecule has 1 heterocycles. The van der Waals surface area contributed by atoms with Gasteiger partial charge in [0.25, 0.3) is 11.8 Å². The number of rotatable bonds is 3. The number of hydrogen-bond acceptors (Lipinski definition) is 4. The lowest BCUT2D eigenvalue weighted by Gasteiger charge is -2.15. The summed E-state index contributed by atoms with van der Waals surface area (Å²) in [7, 11) is 0. The van der Waals surface area contributed by atoms with Crippen molar-refractivity contribution in [1.82, 2.24) is 5.06 Å². The average Bonchev–Trinajstić information content (AvgIpc) is 2.90. The summed E-state index contributed by atoms with van der Waals surface area (Å²) >= 11 is 0. The first-order chi connectivity index (χ1) is 10.4. The number of benzene rings is 1. The molecule has 2 amide bonds. The molecule has 1 saturated heterocycles. The molecule has 0 bridgehead atoms. The Balaban J connectivity index is 1.75. The van der Waals surface area contributed by atoms with E-state index in [1.54, 1.807) is 0 Å². The van der Waals surface area contributed by atoms with Gasteiger partial charge in [-0.15, -0.1) is 5.06 Å². The standard InChI is InChI=1S/C17H19NO4/c1-10-4-6-12(7-5-10)17(3)11(2)15(17)16(21)22-18-13(19)8-9-14(18)20/h4-7,11,15H,8-9H2,1-3H3/t11-,15-,17-/m0/s1. The van der Waals surface area contributed by atoms with Gasteiger partial charge in [-0.2, -0.15) is 0 Å². The number of carbonyl (C=O) groups is 3. The van der Waals surface area contributed by atoms with Crippen molar-refractivity contribution in [3.05, 3.63) is 35.4 Å². The average molecular weight is 301 g/mol. The molecule has 3 rings (SSSR count). The number of hydrogen-bond donors (Lipinski definition) is 0. The first kappa shape index (κ1) is 14.8. The van der Waals surface area contributed by atoms with E-state index in [4.69, 9.17) is 4.84 Å². The second kappa shape index (κ2) is 4.93. The van der Waals surface area contributed by atoms with Crippen LogP contribution in [0, 0.1) is 18.8 Å². The summed E-state index contributed by atoms with van der Waals surface area (Å²) in [4.78, 5) is 40.5. The van der Waals surface area contributed by atoms with Crippen LogP contribution in [0.2, 0.25) is 0 Å². The monoisotopic (exact) mass is 301 g/mol. The molecular weight excluding hydrogens is 282 g/mol. The predicted molar refractivity (Wildman–Crippen MR) is 78.4 cm³/mol. The Morgan fingerprint density at radius 2 is 1.73 bits per heavy atom. The molecule has 0 aromatic heterocycles. The third-order valence-electron chi connectivity index (χ3n) is 5.10. The van der Waals surface area contributed by atoms with Gasteiger partial charge in [0.1, 0.15) is 0 Å². The minimum atomic E-state index is -0.501. The molecule has 2 fully saturated rings. The van der Waals surface area contributed by atoms with Crippen molar-refractivity contribution < 1.29 is 19.2 Å². The van der Waals surface area contributed by atoms with Crippen LogP contribution in [0.25, 0.3) is 0 Å². The summed E-state index contributed by atoms with van der Waals surface area (Å²) in [5.41, 5.74) is 1.93. The SMILES string of the molecule is Cc1ccc([C@@]2(C)[C@H](C(=O)ON3C(=O)CCC3=O)[C@@H]2C)cc1. The first-order valence-corrected chi connectivity index (χ1v) is 7.50. The van der Waals surface area contributed by atoms with Gasteiger partial charge >= 0.3 is 5.97 Å². The van der Waals surface area contributed by atoms with Crippen LogP contribution in [0.15, 0.2) is 24.3 Å². The Kier molecular flexibility index (Phi) is 3.31. The highest BCUT2D eigenvalue weighted by molar-refractivity contribution is 6.01. The molecule has 1 aliphatic carbocycles. The van der Waals surface area contributed by atoms with Crippen LogP contribution in [-0.2, 0) is 24.6 Å². The lowest BCUT2D eigenvalue weighted by molar-refractivity contribution is -0.199. The fraction of sp³-hybridized carbons (Fsp3) is 0.471. The van der Waals surface area contributed by atoms with Gasteiger partial charge in [-0.05, 0) is 18.4 Å². The maximum atomic E-state index is 12.4. The van der Waals surface area contributed by atoms with Crippen molar-refractivity contribution in [2.45, 2.75) is 39.0 Å². The number of nitrogens with zero attached hydrogens (tertiary/aromatic N) is 1. The van der Waals surface area contributed by atoms with Crippen molar-refractivity contribution >= 4 is 17.8 Å². The van der Waals surface area contributed by atoms with E-state index in [0.717, 1.165) is 11.1 Å². The highest BCUT2D eigenvalue weighted by Gasteiger charge is 2.64. The van der Waals surface area contributed by atoms with Crippen LogP contribution >= 0.6 is 0 Å². The van der Waals surface area contributed by atoms with Gasteiger partial charge in [-0.3, -0.25) is 9.59 Å². The molecule has 22 heavy (non-hydrogen) atoms. The van der Waals surface area contributed by atoms with Gasteiger partial charge in [0.15, 0.2) is 0 Å². The fourth-order valence-electron chi connectivity index (χ4n) is 3.34. The van der Waals surface area contributed by atoms with E-state index in [0.29, 0.717) is 5.06 Å². The van der Waals surface area contributed by atoms with Crippen LogP contribution in [0.1, 0.15) is 37.8 Å². The molecule has 5 nitrogen and oxygen atoms in total. The molecule has 1 aliphatic heterocycles. The zero-order valence-electron chi connectivity index (χ0n) is 13.0. The van der Waals surface area contributed by atoms with E-state index < -0.39 is 17.8 Å². The van der Waals surface area contributed by atoms with E-state index in [2.05, 4.69) is 0 Å². The van der Waals surface area contributed by atoms with Crippen molar-refractivity contribution in [2.75, 3.05) is 0 Å². The molecule has 0 spiro atoms. The molecule has 1 aromatic rings. The molecule has 1 saturated carbocycles. The second-order valence-electron chi connectivity index (χ2n) is 6.41. The topological polar surface area (TPSA) is 63.7 Å². The van der Waals surface area contributed by atoms with Crippen molar-refractivity contribution in [1.29, 1.82) is 0 Å². The van der Waals surface area contributed by atoms with Crippen LogP contribution in [0.4, 0.5) is 0 Å². The number of carbonyl (C=O) groups excluding carboxylic acids is 3. The van der Waals surface area contributed by atoms with E-state index >= 15 is 0 Å². The largest absolute Gasteiger partial charge is 0.337 e. The van der Waals surface area contributed by atoms with Crippen molar-refractivity contribution in [3.63, 3.8) is 0 Å². The Morgan fingerprint density at radius 3 is 2.27 bits per heavy atom. The Labute approximate surface area is 129 Å². The van der Waals surface area contributed by atoms with Crippen molar-refractivity contribution in [2.24, 2.45) is 11.8 Å². The van der Waals surface area contributed by atoms with E-state index in [1.165, 1.54) is 0 Å². The highest BCUT2D eigenvalue weighted by Crippen LogP contribution is 2.60. The van der Waals surface area contributed by atoms with Gasteiger partial charge in [0.2, 0.25) is 0 Å². The predicted octanol–water partition coefficient (Wildman–Crippen LogP) is 2.13. The highest BCUT2D eigenvalue weighted by atomic mass is 16.7. The van der Waals surface area contributed by atoms with Crippen LogP contribution < -0.4 is 0 Å². The van der Waals surface area contributed by atoms with E-state index in [9.17, 15) is 14.4 Å². The summed E-state index contributed by atoms with van der Waals surface area (Å²) in [5.74, 6) is -1.61. The summed E-state index contributed by atoms with van der Waals surface area (Å²) in [5, 5.41) is 0.628. The lowest BCUT2D eigenvalue weighted by atomic mass is 9.93. The minimum absolute atomic E-state index is 0.107. The molecule has 2 aliphatic rings. The maximum absolute atomic E-state index is 12.4. The van der Waals surface area contributed by atoms with Crippen LogP contribution in [0.5, 0.6) is 0 Å². The Hall–Kier alpha value is -2.17. The molecule has 0 N–H and O–H groups in total. The number of aryl methyl sites for hydroxylation is 1. The smallest absolute Gasteiger partial charge is 0.330 e. The number of imide groups is 1. The number of amides is 2. The van der Waals surface area contributed by atoms with Gasteiger partial charge in [-0.1, -0.05) is 43.7 Å². The molecule has 5 heteroatoms. The van der Waals surface area contributed by atoms with Crippen molar-refractivity contribution in [3.8, 4) is 0 Å². The molecule has 0 radical (unpaired) electrons. The molecule has 3 atom stereocenters. The second-order valence-corrected chi connectivity index (χ2v) is 6.41. The normalized spacial score (nSPS) is 30.6.